The van der Waals surface area contributed by atoms with E-state index >= 15 is 0 Å². The maximum Gasteiger partial charge on any atom is 0.325 e. The van der Waals surface area contributed by atoms with Gasteiger partial charge in [-0.05, 0) is 80.9 Å². The van der Waals surface area contributed by atoms with Gasteiger partial charge in [0.25, 0.3) is 5.91 Å². The normalized spacial score (nSPS) is 14.1. The highest BCUT2D eigenvalue weighted by molar-refractivity contribution is 6.04. The summed E-state index contributed by atoms with van der Waals surface area (Å²) < 4.78 is 1.46. The topological polar surface area (TPSA) is 115 Å². The number of benzene rings is 2. The van der Waals surface area contributed by atoms with Crippen LogP contribution in [0.25, 0.3) is 10.9 Å². The number of carbonyl (C=O) groups is 2. The van der Waals surface area contributed by atoms with Crippen LogP contribution in [-0.2, 0) is 0 Å². The molecule has 0 unspecified atom stereocenters. The Morgan fingerprint density at radius 3 is 2.53 bits per heavy atom. The standard InChI is InChI=1S/C29H29N7O2/c1-31-29(38)36-14-10-22-15-25(23(18-30)16-26(22)36)33-24-7-11-32-27(17-24)34-28(37)21-5-3-19(4-6-21)20-8-12-35(2)13-9-20/h3-7,10-11,14-17,20H,8-9,12-13H2,1-2H3,(H,31,38)(H2,32,33,34,37). The summed E-state index contributed by atoms with van der Waals surface area (Å²) in [5.74, 6) is 0.691. The van der Waals surface area contributed by atoms with E-state index in [1.807, 2.05) is 36.4 Å². The molecule has 9 nitrogen and oxygen atoms in total. The third-order valence-electron chi connectivity index (χ3n) is 7.03. The molecule has 0 atom stereocenters. The number of fused-ring (bicyclic) bond motifs is 1. The summed E-state index contributed by atoms with van der Waals surface area (Å²) in [5.41, 5.74) is 4.11. The number of hydrogen-bond donors (Lipinski definition) is 3. The van der Waals surface area contributed by atoms with Gasteiger partial charge in [-0.25, -0.2) is 9.78 Å². The van der Waals surface area contributed by atoms with Gasteiger partial charge in [0.1, 0.15) is 11.9 Å². The monoisotopic (exact) mass is 507 g/mol. The maximum atomic E-state index is 12.9. The minimum atomic E-state index is -0.282. The van der Waals surface area contributed by atoms with E-state index < -0.39 is 0 Å². The lowest BCUT2D eigenvalue weighted by Gasteiger charge is -2.29. The highest BCUT2D eigenvalue weighted by Crippen LogP contribution is 2.29. The SMILES string of the molecule is CNC(=O)n1ccc2cc(Nc3ccnc(NC(=O)c4ccc(C5CCN(C)CC5)cc4)c3)c(C#N)cc21. The van der Waals surface area contributed by atoms with E-state index in [2.05, 4.69) is 39.0 Å². The summed E-state index contributed by atoms with van der Waals surface area (Å²) in [6.45, 7) is 2.19. The summed E-state index contributed by atoms with van der Waals surface area (Å²) in [5, 5.41) is 19.2. The Labute approximate surface area is 221 Å². The predicted octanol–water partition coefficient (Wildman–Crippen LogP) is 4.90. The van der Waals surface area contributed by atoms with Gasteiger partial charge in [0.05, 0.1) is 16.8 Å². The number of amides is 2. The average molecular weight is 508 g/mol. The lowest BCUT2D eigenvalue weighted by molar-refractivity contribution is 0.102. The predicted molar refractivity (Wildman–Crippen MR) is 148 cm³/mol. The summed E-state index contributed by atoms with van der Waals surface area (Å²) >= 11 is 0. The van der Waals surface area contributed by atoms with E-state index in [0.29, 0.717) is 39.8 Å². The van der Waals surface area contributed by atoms with Crippen LogP contribution in [0, 0.1) is 11.3 Å². The van der Waals surface area contributed by atoms with Crippen molar-refractivity contribution >= 4 is 40.0 Å². The Kier molecular flexibility index (Phi) is 7.07. The first-order valence-electron chi connectivity index (χ1n) is 12.6. The third-order valence-corrected chi connectivity index (χ3v) is 7.03. The Morgan fingerprint density at radius 1 is 1.05 bits per heavy atom. The average Bonchev–Trinajstić information content (AvgIpc) is 3.35. The van der Waals surface area contributed by atoms with Gasteiger partial charge >= 0.3 is 6.03 Å². The lowest BCUT2D eigenvalue weighted by Crippen LogP contribution is -2.29. The van der Waals surface area contributed by atoms with Crippen molar-refractivity contribution in [3.63, 3.8) is 0 Å². The number of nitrogens with zero attached hydrogens (tertiary/aromatic N) is 4. The molecule has 2 aromatic heterocycles. The van der Waals surface area contributed by atoms with Crippen molar-refractivity contribution in [2.75, 3.05) is 37.8 Å². The van der Waals surface area contributed by atoms with Gasteiger partial charge in [0.15, 0.2) is 0 Å². The molecule has 3 heterocycles. The second kappa shape index (κ2) is 10.7. The van der Waals surface area contributed by atoms with Gasteiger partial charge < -0.3 is 20.9 Å². The van der Waals surface area contributed by atoms with E-state index in [0.717, 1.165) is 31.3 Å². The number of likely N-dealkylation sites (tertiary alicyclic amines) is 1. The number of aromatic nitrogens is 2. The zero-order valence-electron chi connectivity index (χ0n) is 21.4. The number of anilines is 3. The van der Waals surface area contributed by atoms with Gasteiger partial charge in [-0.3, -0.25) is 9.36 Å². The van der Waals surface area contributed by atoms with E-state index in [1.54, 1.807) is 37.6 Å². The van der Waals surface area contributed by atoms with Crippen molar-refractivity contribution in [1.82, 2.24) is 19.8 Å². The molecule has 9 heteroatoms. The molecule has 0 spiro atoms. The number of rotatable bonds is 5. The molecule has 0 radical (unpaired) electrons. The molecule has 2 aromatic carbocycles. The summed E-state index contributed by atoms with van der Waals surface area (Å²) in [7, 11) is 3.70. The summed E-state index contributed by atoms with van der Waals surface area (Å²) in [6, 6.07) is 18.5. The smallest absolute Gasteiger partial charge is 0.325 e. The molecule has 38 heavy (non-hydrogen) atoms. The van der Waals surface area contributed by atoms with Crippen LogP contribution >= 0.6 is 0 Å². The molecule has 4 aromatic rings. The highest BCUT2D eigenvalue weighted by Gasteiger charge is 2.19. The molecule has 0 saturated carbocycles. The van der Waals surface area contributed by atoms with Crippen LogP contribution in [0.5, 0.6) is 0 Å². The van der Waals surface area contributed by atoms with Crippen LogP contribution < -0.4 is 16.0 Å². The second-order valence-corrected chi connectivity index (χ2v) is 9.52. The Hall–Kier alpha value is -4.68. The van der Waals surface area contributed by atoms with Gasteiger partial charge in [-0.1, -0.05) is 12.1 Å². The van der Waals surface area contributed by atoms with Crippen LogP contribution in [0.3, 0.4) is 0 Å². The van der Waals surface area contributed by atoms with Gasteiger partial charge in [-0.15, -0.1) is 0 Å². The lowest BCUT2D eigenvalue weighted by atomic mass is 9.89. The van der Waals surface area contributed by atoms with Crippen molar-refractivity contribution in [1.29, 1.82) is 5.26 Å². The van der Waals surface area contributed by atoms with Crippen LogP contribution in [0.15, 0.2) is 67.0 Å². The minimum absolute atomic E-state index is 0.237. The zero-order valence-corrected chi connectivity index (χ0v) is 21.4. The van der Waals surface area contributed by atoms with Crippen LogP contribution in [-0.4, -0.2) is 53.6 Å². The molecule has 1 fully saturated rings. The zero-order chi connectivity index (χ0) is 26.6. The Morgan fingerprint density at radius 2 is 1.82 bits per heavy atom. The largest absolute Gasteiger partial charge is 0.354 e. The number of hydrogen-bond acceptors (Lipinski definition) is 6. The van der Waals surface area contributed by atoms with Crippen molar-refractivity contribution in [3.05, 3.63) is 83.7 Å². The Balaban J connectivity index is 1.30. The molecule has 1 saturated heterocycles. The van der Waals surface area contributed by atoms with Crippen molar-refractivity contribution < 1.29 is 9.59 Å². The van der Waals surface area contributed by atoms with Gasteiger partial charge in [0.2, 0.25) is 0 Å². The van der Waals surface area contributed by atoms with E-state index in [9.17, 15) is 14.9 Å². The molecule has 3 N–H and O–H groups in total. The fraction of sp³-hybridized carbons (Fsp3) is 0.241. The molecule has 1 aliphatic heterocycles. The minimum Gasteiger partial charge on any atom is -0.354 e. The first-order chi connectivity index (χ1) is 18.4. The molecule has 192 valence electrons. The van der Waals surface area contributed by atoms with Crippen molar-refractivity contribution in [2.45, 2.75) is 18.8 Å². The van der Waals surface area contributed by atoms with Crippen LogP contribution in [0.2, 0.25) is 0 Å². The highest BCUT2D eigenvalue weighted by atomic mass is 16.2. The first-order valence-corrected chi connectivity index (χ1v) is 12.6. The van der Waals surface area contributed by atoms with Crippen molar-refractivity contribution in [3.8, 4) is 6.07 Å². The fourth-order valence-corrected chi connectivity index (χ4v) is 4.84. The van der Waals surface area contributed by atoms with Crippen LogP contribution in [0.4, 0.5) is 22.0 Å². The number of pyridine rings is 1. The van der Waals surface area contributed by atoms with Crippen LogP contribution in [0.1, 0.15) is 40.2 Å². The second-order valence-electron chi connectivity index (χ2n) is 9.52. The number of nitriles is 1. The van der Waals surface area contributed by atoms with E-state index in [4.69, 9.17) is 0 Å². The third kappa shape index (κ3) is 5.21. The first kappa shape index (κ1) is 25.0. The summed E-state index contributed by atoms with van der Waals surface area (Å²) in [4.78, 5) is 31.6. The molecule has 1 aliphatic rings. The van der Waals surface area contributed by atoms with E-state index in [-0.39, 0.29) is 11.9 Å². The number of carbonyl (C=O) groups excluding carboxylic acids is 2. The summed E-state index contributed by atoms with van der Waals surface area (Å²) in [6.07, 6.45) is 5.51. The van der Waals surface area contributed by atoms with Gasteiger partial charge in [-0.2, -0.15) is 5.26 Å². The number of nitrogens with one attached hydrogen (secondary N) is 3. The molecule has 0 bridgehead atoms. The molecule has 5 rings (SSSR count). The Bertz CT molecular complexity index is 1530. The molecule has 2 amide bonds. The molecular formula is C29H29N7O2. The fourth-order valence-electron chi connectivity index (χ4n) is 4.84. The quantitative estimate of drug-likeness (QED) is 0.354. The van der Waals surface area contributed by atoms with E-state index in [1.165, 1.54) is 10.1 Å². The molecular weight excluding hydrogens is 478 g/mol. The van der Waals surface area contributed by atoms with Crippen molar-refractivity contribution in [2.24, 2.45) is 0 Å². The molecule has 0 aliphatic carbocycles. The maximum absolute atomic E-state index is 12.9. The van der Waals surface area contributed by atoms with Gasteiger partial charge in [0, 0.05) is 42.1 Å². The number of piperidine rings is 1.